The number of ether oxygens (including phenoxy) is 2. The molecule has 1 fully saturated rings. The number of aliphatic hydroxyl groups excluding tert-OH is 1. The van der Waals surface area contributed by atoms with E-state index in [9.17, 15) is 33.4 Å². The van der Waals surface area contributed by atoms with Crippen molar-refractivity contribution >= 4 is 29.3 Å². The maximum atomic E-state index is 12.2. The third-order valence-electron chi connectivity index (χ3n) is 3.99. The van der Waals surface area contributed by atoms with Crippen LogP contribution in [0.2, 0.25) is 0 Å². The predicted octanol–water partition coefficient (Wildman–Crippen LogP) is -0.444. The molecular weight excluding hydrogens is 503 g/mol. The SMILES string of the molecule is CNc1ccn([C@@H]2O[C@H](COP(=O)(O)OP(=O)(O)OP(=O)(O)OC)C(O)C2OC)c(=O)n1. The quantitative estimate of drug-likeness (QED) is 0.230. The van der Waals surface area contributed by atoms with E-state index in [0.717, 1.165) is 4.57 Å². The molecule has 184 valence electrons. The highest BCUT2D eigenvalue weighted by Crippen LogP contribution is 2.67. The molecule has 1 aliphatic rings. The zero-order chi connectivity index (χ0) is 24.3. The average molecular weight is 525 g/mol. The van der Waals surface area contributed by atoms with Gasteiger partial charge in [-0.05, 0) is 6.07 Å². The van der Waals surface area contributed by atoms with Crippen molar-refractivity contribution in [2.24, 2.45) is 0 Å². The number of hydrogen-bond donors (Lipinski definition) is 5. The van der Waals surface area contributed by atoms with Crippen LogP contribution in [0.5, 0.6) is 0 Å². The van der Waals surface area contributed by atoms with Crippen LogP contribution in [-0.2, 0) is 40.8 Å². The van der Waals surface area contributed by atoms with E-state index in [1.165, 1.54) is 19.4 Å². The van der Waals surface area contributed by atoms with Crippen LogP contribution in [0.15, 0.2) is 17.1 Å². The molecule has 1 saturated heterocycles. The Kier molecular flexibility index (Phi) is 8.92. The van der Waals surface area contributed by atoms with E-state index in [4.69, 9.17) is 14.4 Å². The third kappa shape index (κ3) is 6.98. The molecule has 2 heterocycles. The molecule has 0 radical (unpaired) electrons. The molecule has 0 bridgehead atoms. The number of rotatable bonds is 11. The van der Waals surface area contributed by atoms with Gasteiger partial charge < -0.3 is 34.6 Å². The summed E-state index contributed by atoms with van der Waals surface area (Å²) < 4.78 is 62.5. The summed E-state index contributed by atoms with van der Waals surface area (Å²) in [5.41, 5.74) is -0.751. The minimum Gasteiger partial charge on any atom is -0.387 e. The van der Waals surface area contributed by atoms with Crippen LogP contribution in [0, 0.1) is 0 Å². The normalized spacial score (nSPS) is 29.1. The van der Waals surface area contributed by atoms with E-state index in [2.05, 4.69) is 28.0 Å². The van der Waals surface area contributed by atoms with Crippen molar-refractivity contribution in [1.29, 1.82) is 0 Å². The van der Waals surface area contributed by atoms with Gasteiger partial charge in [0.1, 0.15) is 24.1 Å². The number of phosphoric acid groups is 3. The Labute approximate surface area is 180 Å². The second-order valence-corrected chi connectivity index (χ2v) is 10.8. The smallest absolute Gasteiger partial charge is 0.387 e. The highest BCUT2D eigenvalue weighted by molar-refractivity contribution is 7.66. The average Bonchev–Trinajstić information content (AvgIpc) is 2.99. The molecular formula is C12H22N3O14P3. The van der Waals surface area contributed by atoms with Gasteiger partial charge in [-0.25, -0.2) is 18.5 Å². The van der Waals surface area contributed by atoms with Crippen molar-refractivity contribution in [1.82, 2.24) is 9.55 Å². The number of methoxy groups -OCH3 is 1. The summed E-state index contributed by atoms with van der Waals surface area (Å²) >= 11 is 0. The first-order valence-corrected chi connectivity index (χ1v) is 13.0. The zero-order valence-corrected chi connectivity index (χ0v) is 19.5. The molecule has 0 saturated carbocycles. The van der Waals surface area contributed by atoms with Gasteiger partial charge in [0.15, 0.2) is 6.23 Å². The van der Waals surface area contributed by atoms with Gasteiger partial charge in [0, 0.05) is 27.5 Å². The highest BCUT2D eigenvalue weighted by Gasteiger charge is 2.47. The summed E-state index contributed by atoms with van der Waals surface area (Å²) in [6.07, 6.45) is -3.87. The molecule has 0 aromatic carbocycles. The van der Waals surface area contributed by atoms with Crippen LogP contribution in [0.1, 0.15) is 6.23 Å². The third-order valence-corrected chi connectivity index (χ3v) is 8.23. The Hall–Kier alpha value is -1.03. The minimum absolute atomic E-state index is 0.272. The number of anilines is 1. The van der Waals surface area contributed by atoms with Gasteiger partial charge in [0.05, 0.1) is 6.61 Å². The molecule has 1 aromatic rings. The highest BCUT2D eigenvalue weighted by atomic mass is 31.3. The Morgan fingerprint density at radius 1 is 1.16 bits per heavy atom. The summed E-state index contributed by atoms with van der Waals surface area (Å²) in [4.78, 5) is 43.9. The molecule has 0 aliphatic carbocycles. The Balaban J connectivity index is 2.09. The second-order valence-electron chi connectivity index (χ2n) is 6.06. The zero-order valence-electron chi connectivity index (χ0n) is 16.8. The van der Waals surface area contributed by atoms with Gasteiger partial charge in [-0.15, -0.1) is 0 Å². The summed E-state index contributed by atoms with van der Waals surface area (Å²) in [6, 6.07) is 1.45. The van der Waals surface area contributed by atoms with Gasteiger partial charge >= 0.3 is 29.2 Å². The van der Waals surface area contributed by atoms with Gasteiger partial charge in [-0.3, -0.25) is 13.6 Å². The van der Waals surface area contributed by atoms with Crippen molar-refractivity contribution in [2.45, 2.75) is 24.5 Å². The number of aliphatic hydroxyl groups is 1. The number of aromatic nitrogens is 2. The molecule has 2 rings (SSSR count). The molecule has 0 spiro atoms. The molecule has 32 heavy (non-hydrogen) atoms. The molecule has 1 aromatic heterocycles. The lowest BCUT2D eigenvalue weighted by atomic mass is 10.1. The Bertz CT molecular complexity index is 1000. The van der Waals surface area contributed by atoms with Crippen molar-refractivity contribution in [2.75, 3.05) is 33.2 Å². The fraction of sp³-hybridized carbons (Fsp3) is 0.667. The predicted molar refractivity (Wildman–Crippen MR) is 103 cm³/mol. The van der Waals surface area contributed by atoms with Crippen LogP contribution < -0.4 is 11.0 Å². The largest absolute Gasteiger partial charge is 0.490 e. The fourth-order valence-electron chi connectivity index (χ4n) is 2.58. The topological polar surface area (TPSA) is 234 Å². The number of phosphoric ester groups is 2. The van der Waals surface area contributed by atoms with Crippen molar-refractivity contribution in [3.63, 3.8) is 0 Å². The maximum absolute atomic E-state index is 12.2. The van der Waals surface area contributed by atoms with Crippen LogP contribution in [0.25, 0.3) is 0 Å². The maximum Gasteiger partial charge on any atom is 0.490 e. The first kappa shape index (κ1) is 27.2. The van der Waals surface area contributed by atoms with E-state index in [0.29, 0.717) is 7.11 Å². The van der Waals surface area contributed by atoms with Crippen molar-refractivity contribution in [3.8, 4) is 0 Å². The van der Waals surface area contributed by atoms with E-state index >= 15 is 0 Å². The van der Waals surface area contributed by atoms with Gasteiger partial charge in [0.2, 0.25) is 0 Å². The molecule has 17 nitrogen and oxygen atoms in total. The molecule has 0 amide bonds. The van der Waals surface area contributed by atoms with Gasteiger partial charge in [0.25, 0.3) is 0 Å². The molecule has 20 heteroatoms. The summed E-state index contributed by atoms with van der Waals surface area (Å²) in [7, 11) is -12.6. The molecule has 1 aliphatic heterocycles. The van der Waals surface area contributed by atoms with Crippen LogP contribution in [0.4, 0.5) is 5.82 Å². The molecule has 7 atom stereocenters. The monoisotopic (exact) mass is 525 g/mol. The fourth-order valence-corrected chi connectivity index (χ4v) is 5.85. The summed E-state index contributed by atoms with van der Waals surface area (Å²) in [5, 5.41) is 13.0. The van der Waals surface area contributed by atoms with Crippen LogP contribution in [0.3, 0.4) is 0 Å². The lowest BCUT2D eigenvalue weighted by Gasteiger charge is -2.20. The summed E-state index contributed by atoms with van der Waals surface area (Å²) in [5.74, 6) is 0.272. The molecule has 5 unspecified atom stereocenters. The lowest BCUT2D eigenvalue weighted by Crippen LogP contribution is -2.37. The van der Waals surface area contributed by atoms with Crippen LogP contribution in [-0.4, -0.2) is 75.5 Å². The summed E-state index contributed by atoms with van der Waals surface area (Å²) in [6.45, 7) is -0.886. The van der Waals surface area contributed by atoms with Crippen molar-refractivity contribution in [3.05, 3.63) is 22.7 Å². The minimum atomic E-state index is -5.58. The first-order valence-electron chi connectivity index (χ1n) is 8.49. The van der Waals surface area contributed by atoms with Crippen LogP contribution >= 0.6 is 23.5 Å². The number of nitrogens with zero attached hydrogens (tertiary/aromatic N) is 2. The van der Waals surface area contributed by atoms with Gasteiger partial charge in [-0.1, -0.05) is 0 Å². The molecule has 5 N–H and O–H groups in total. The van der Waals surface area contributed by atoms with E-state index < -0.39 is 60.3 Å². The Morgan fingerprint density at radius 3 is 2.31 bits per heavy atom. The number of nitrogens with one attached hydrogen (secondary N) is 1. The van der Waals surface area contributed by atoms with E-state index in [1.54, 1.807) is 7.05 Å². The first-order chi connectivity index (χ1) is 14.7. The Morgan fingerprint density at radius 2 is 1.78 bits per heavy atom. The van der Waals surface area contributed by atoms with Crippen molar-refractivity contribution < 1.29 is 60.6 Å². The van der Waals surface area contributed by atoms with E-state index in [1.807, 2.05) is 0 Å². The van der Waals surface area contributed by atoms with Gasteiger partial charge in [-0.2, -0.15) is 13.6 Å². The number of hydrogen-bond acceptors (Lipinski definition) is 13. The second kappa shape index (κ2) is 10.5. The standard InChI is InChI=1S/C12H22N3O14P3/c1-13-8-4-5-15(12(17)14-8)11-10(24-2)9(16)7(27-11)6-26-31(20,21)29-32(22,23)28-30(18,19)25-3/h4-5,7,9-11,16H,6H2,1-3H3,(H,18,19)(H,20,21)(H,22,23)(H,13,14,17)/t7-,9?,10?,11-/m1/s1. The lowest BCUT2D eigenvalue weighted by molar-refractivity contribution is -0.0619. The van der Waals surface area contributed by atoms with E-state index in [-0.39, 0.29) is 5.82 Å².